The van der Waals surface area contributed by atoms with E-state index in [1.807, 2.05) is 48.3 Å². The minimum atomic E-state index is -0.441. The Bertz CT molecular complexity index is 1590. The number of hydrogen-bond donors (Lipinski definition) is 0. The maximum Gasteiger partial charge on any atom is 0.266 e. The average molecular weight is 597 g/mol. The highest BCUT2D eigenvalue weighted by Gasteiger charge is 2.33. The van der Waals surface area contributed by atoms with E-state index < -0.39 is 5.82 Å². The summed E-state index contributed by atoms with van der Waals surface area (Å²) in [4.78, 5) is 16.4. The van der Waals surface area contributed by atoms with Crippen molar-refractivity contribution in [1.82, 2.24) is 9.32 Å². The summed E-state index contributed by atoms with van der Waals surface area (Å²) in [5, 5.41) is 9.79. The molecular weight excluding hydrogens is 568 g/mol. The SMILES string of the molecule is COc1ccc(-c2cccc(C#N)c2)cc1CN(C(=O)c1sc2cccc(F)c2c1Cl)[C@H]1CC[C@H](N(C)Cl)CC1. The highest BCUT2D eigenvalue weighted by Crippen LogP contribution is 2.40. The third-order valence-electron chi connectivity index (χ3n) is 7.62. The van der Waals surface area contributed by atoms with Crippen LogP contribution < -0.4 is 4.74 Å². The number of methoxy groups -OCH3 is 1. The van der Waals surface area contributed by atoms with Gasteiger partial charge in [0, 0.05) is 41.3 Å². The molecule has 1 aliphatic rings. The van der Waals surface area contributed by atoms with Gasteiger partial charge in [-0.05, 0) is 85.0 Å². The van der Waals surface area contributed by atoms with Gasteiger partial charge in [-0.15, -0.1) is 11.3 Å². The number of hydrogen-bond acceptors (Lipinski definition) is 5. The van der Waals surface area contributed by atoms with Gasteiger partial charge in [-0.25, -0.2) is 8.81 Å². The van der Waals surface area contributed by atoms with Crippen LogP contribution in [0.3, 0.4) is 0 Å². The Morgan fingerprint density at radius 2 is 1.77 bits per heavy atom. The molecule has 206 valence electrons. The summed E-state index contributed by atoms with van der Waals surface area (Å²) in [5.74, 6) is -0.0168. The van der Waals surface area contributed by atoms with Crippen molar-refractivity contribution in [2.75, 3.05) is 14.2 Å². The van der Waals surface area contributed by atoms with Gasteiger partial charge in [0.15, 0.2) is 0 Å². The number of halogens is 3. The number of thiophene rings is 1. The van der Waals surface area contributed by atoms with Crippen LogP contribution in [0.4, 0.5) is 4.39 Å². The quantitative estimate of drug-likeness (QED) is 0.202. The van der Waals surface area contributed by atoms with E-state index in [4.69, 9.17) is 28.1 Å². The third-order valence-corrected chi connectivity index (χ3v) is 9.53. The minimum Gasteiger partial charge on any atom is -0.496 e. The van der Waals surface area contributed by atoms with Crippen molar-refractivity contribution in [2.45, 2.75) is 44.3 Å². The van der Waals surface area contributed by atoms with E-state index in [0.717, 1.165) is 42.4 Å². The van der Waals surface area contributed by atoms with Crippen LogP contribution in [0, 0.1) is 17.1 Å². The van der Waals surface area contributed by atoms with Crippen LogP contribution in [-0.4, -0.2) is 41.5 Å². The molecule has 1 aliphatic carbocycles. The Balaban J connectivity index is 1.54. The summed E-state index contributed by atoms with van der Waals surface area (Å²) in [6.07, 6.45) is 3.25. The van der Waals surface area contributed by atoms with E-state index in [0.29, 0.717) is 20.9 Å². The number of fused-ring (bicyclic) bond motifs is 1. The smallest absolute Gasteiger partial charge is 0.266 e. The number of amides is 1. The first-order valence-electron chi connectivity index (χ1n) is 13.0. The van der Waals surface area contributed by atoms with Gasteiger partial charge in [-0.2, -0.15) is 5.26 Å². The molecule has 0 radical (unpaired) electrons. The van der Waals surface area contributed by atoms with Crippen molar-refractivity contribution in [3.63, 3.8) is 0 Å². The van der Waals surface area contributed by atoms with Gasteiger partial charge in [0.05, 0.1) is 23.8 Å². The van der Waals surface area contributed by atoms with Gasteiger partial charge in [0.2, 0.25) is 0 Å². The van der Waals surface area contributed by atoms with Gasteiger partial charge < -0.3 is 9.64 Å². The number of rotatable bonds is 7. The van der Waals surface area contributed by atoms with Crippen molar-refractivity contribution < 1.29 is 13.9 Å². The molecule has 1 heterocycles. The van der Waals surface area contributed by atoms with Crippen LogP contribution in [0.15, 0.2) is 60.7 Å². The van der Waals surface area contributed by atoms with Gasteiger partial charge >= 0.3 is 0 Å². The first kappa shape index (κ1) is 28.4. The standard InChI is InChI=1S/C31H28Cl2FN3O2S/c1-36(33)23-10-12-24(13-11-23)37(31(38)30-29(32)28-25(34)7-4-8-27(28)40-30)18-22-16-21(9-14-26(22)39-2)20-6-3-5-19(15-20)17-35/h3-9,14-16,23-24H,10-13,18H2,1-2H3/t23-,24-. The lowest BCUT2D eigenvalue weighted by molar-refractivity contribution is 0.0589. The molecule has 5 nitrogen and oxygen atoms in total. The van der Waals surface area contributed by atoms with Crippen LogP contribution >= 0.6 is 34.7 Å². The predicted molar refractivity (Wildman–Crippen MR) is 159 cm³/mol. The molecule has 1 saturated carbocycles. The number of benzene rings is 3. The molecule has 5 rings (SSSR count). The predicted octanol–water partition coefficient (Wildman–Crippen LogP) is 8.28. The molecule has 0 aliphatic heterocycles. The van der Waals surface area contributed by atoms with Crippen LogP contribution in [0.25, 0.3) is 21.2 Å². The van der Waals surface area contributed by atoms with E-state index in [9.17, 15) is 14.4 Å². The van der Waals surface area contributed by atoms with Crippen molar-refractivity contribution in [2.24, 2.45) is 0 Å². The molecule has 0 N–H and O–H groups in total. The number of carbonyl (C=O) groups excluding carboxylic acids is 1. The largest absolute Gasteiger partial charge is 0.496 e. The van der Waals surface area contributed by atoms with Gasteiger partial charge in [-0.3, -0.25) is 4.79 Å². The van der Waals surface area contributed by atoms with Crippen LogP contribution in [-0.2, 0) is 6.54 Å². The fraction of sp³-hybridized carbons (Fsp3) is 0.290. The molecule has 9 heteroatoms. The summed E-state index contributed by atoms with van der Waals surface area (Å²) < 4.78 is 22.7. The fourth-order valence-corrected chi connectivity index (χ4v) is 7.17. The van der Waals surface area contributed by atoms with E-state index in [2.05, 4.69) is 6.07 Å². The monoisotopic (exact) mass is 595 g/mol. The minimum absolute atomic E-state index is 0.0539. The summed E-state index contributed by atoms with van der Waals surface area (Å²) >= 11 is 14.1. The fourth-order valence-electron chi connectivity index (χ4n) is 5.46. The molecule has 0 spiro atoms. The first-order chi connectivity index (χ1) is 19.3. The van der Waals surface area contributed by atoms with E-state index in [1.165, 1.54) is 17.4 Å². The number of nitriles is 1. The first-order valence-corrected chi connectivity index (χ1v) is 14.6. The zero-order valence-electron chi connectivity index (χ0n) is 22.2. The number of carbonyl (C=O) groups is 1. The van der Waals surface area contributed by atoms with E-state index in [1.54, 1.807) is 29.7 Å². The number of nitrogens with zero attached hydrogens (tertiary/aromatic N) is 3. The zero-order chi connectivity index (χ0) is 28.4. The molecule has 0 atom stereocenters. The van der Waals surface area contributed by atoms with E-state index in [-0.39, 0.29) is 34.9 Å². The normalized spacial score (nSPS) is 17.1. The highest BCUT2D eigenvalue weighted by atomic mass is 35.5. The maximum atomic E-state index is 14.6. The van der Waals surface area contributed by atoms with Gasteiger partial charge in [0.25, 0.3) is 5.91 Å². The van der Waals surface area contributed by atoms with Gasteiger partial charge in [0.1, 0.15) is 16.4 Å². The Kier molecular flexibility index (Phi) is 8.62. The molecule has 0 saturated heterocycles. The van der Waals surface area contributed by atoms with Crippen LogP contribution in [0.2, 0.25) is 5.02 Å². The van der Waals surface area contributed by atoms with Gasteiger partial charge in [-0.1, -0.05) is 35.9 Å². The Labute approximate surface area is 247 Å². The van der Waals surface area contributed by atoms with Crippen molar-refractivity contribution >= 4 is 50.7 Å². The molecule has 0 unspecified atom stereocenters. The van der Waals surface area contributed by atoms with E-state index >= 15 is 0 Å². The second kappa shape index (κ2) is 12.2. The lowest BCUT2D eigenvalue weighted by Crippen LogP contribution is -2.44. The maximum absolute atomic E-state index is 14.6. The van der Waals surface area contributed by atoms with Crippen LogP contribution in [0.1, 0.15) is 46.5 Å². The van der Waals surface area contributed by atoms with Crippen molar-refractivity contribution in [3.05, 3.63) is 87.5 Å². The molecule has 3 aromatic carbocycles. The summed E-state index contributed by atoms with van der Waals surface area (Å²) in [6.45, 7) is 0.285. The zero-order valence-corrected chi connectivity index (χ0v) is 24.5. The summed E-state index contributed by atoms with van der Waals surface area (Å²) in [5.41, 5.74) is 3.21. The molecular formula is C31H28Cl2FN3O2S. The Morgan fingerprint density at radius 1 is 1.07 bits per heavy atom. The second-order valence-corrected chi connectivity index (χ2v) is 12.0. The number of ether oxygens (including phenoxy) is 1. The van der Waals surface area contributed by atoms with Crippen molar-refractivity contribution in [1.29, 1.82) is 5.26 Å². The average Bonchev–Trinajstić information content (AvgIpc) is 3.32. The van der Waals surface area contributed by atoms with Crippen LogP contribution in [0.5, 0.6) is 5.75 Å². The third kappa shape index (κ3) is 5.68. The topological polar surface area (TPSA) is 56.6 Å². The lowest BCUT2D eigenvalue weighted by atomic mass is 9.89. The molecule has 0 bridgehead atoms. The molecule has 1 fully saturated rings. The summed E-state index contributed by atoms with van der Waals surface area (Å²) in [6, 6.07) is 20.4. The Morgan fingerprint density at radius 3 is 2.45 bits per heavy atom. The molecule has 4 aromatic rings. The second-order valence-electron chi connectivity index (χ2n) is 10.00. The molecule has 40 heavy (non-hydrogen) atoms. The Hall–Kier alpha value is -3.15. The summed E-state index contributed by atoms with van der Waals surface area (Å²) in [7, 11) is 3.47. The van der Waals surface area contributed by atoms with Crippen molar-refractivity contribution in [3.8, 4) is 22.9 Å². The lowest BCUT2D eigenvalue weighted by Gasteiger charge is -2.38. The molecule has 1 amide bonds. The highest BCUT2D eigenvalue weighted by molar-refractivity contribution is 7.21. The molecule has 1 aromatic heterocycles.